The number of piperidine rings is 1. The molecule has 1 spiro atoms. The number of piperazine rings is 1. The van der Waals surface area contributed by atoms with Crippen LogP contribution in [-0.4, -0.2) is 108 Å². The van der Waals surface area contributed by atoms with Crippen LogP contribution >= 0.6 is 11.6 Å². The fourth-order valence-corrected chi connectivity index (χ4v) is 7.29. The molecule has 16 heteroatoms. The predicted molar refractivity (Wildman–Crippen MR) is 158 cm³/mol. The number of nitrogens with zero attached hydrogens (tertiary/aromatic N) is 6. The molecule has 226 valence electrons. The number of hydrogen-bond acceptors (Lipinski definition) is 9. The maximum absolute atomic E-state index is 13.2. The topological polar surface area (TPSA) is 192 Å². The van der Waals surface area contributed by atoms with E-state index < -0.39 is 15.9 Å². The molecule has 0 bridgehead atoms. The van der Waals surface area contributed by atoms with E-state index >= 15 is 0 Å². The van der Waals surface area contributed by atoms with Gasteiger partial charge in [0.1, 0.15) is 0 Å². The van der Waals surface area contributed by atoms with Crippen LogP contribution in [0.15, 0.2) is 28.1 Å². The Kier molecular flexibility index (Phi) is 8.29. The summed E-state index contributed by atoms with van der Waals surface area (Å²) in [5, 5.41) is 6.28. The number of likely N-dealkylation sites (tertiary alicyclic amines) is 1. The summed E-state index contributed by atoms with van der Waals surface area (Å²) in [6.45, 7) is 7.29. The Bertz CT molecular complexity index is 1510. The molecule has 1 aromatic heterocycles. The fraction of sp³-hybridized carbons (Fsp3) is 0.500. The second-order valence-electron chi connectivity index (χ2n) is 11.0. The van der Waals surface area contributed by atoms with Crippen LogP contribution in [0.1, 0.15) is 34.5 Å². The van der Waals surface area contributed by atoms with Crippen molar-refractivity contribution >= 4 is 51.0 Å². The highest BCUT2D eigenvalue weighted by Gasteiger charge is 2.41. The zero-order valence-corrected chi connectivity index (χ0v) is 25.1. The Hall–Kier alpha value is -3.53. The molecule has 42 heavy (non-hydrogen) atoms. The van der Waals surface area contributed by atoms with Crippen molar-refractivity contribution in [3.05, 3.63) is 40.2 Å². The van der Waals surface area contributed by atoms with Crippen LogP contribution in [0.2, 0.25) is 5.15 Å². The number of nitrogens with one attached hydrogen (secondary N) is 2. The molecule has 0 unspecified atom stereocenters. The monoisotopic (exact) mass is 618 g/mol. The molecule has 6 N–H and O–H groups in total. The smallest absolute Gasteiger partial charge is 0.302 e. The first kappa shape index (κ1) is 29.9. The second kappa shape index (κ2) is 11.6. The Morgan fingerprint density at radius 1 is 1.00 bits per heavy atom. The first-order valence-electron chi connectivity index (χ1n) is 13.7. The number of nitrogens with two attached hydrogens (primary N) is 2. The molecule has 0 radical (unpaired) electrons. The van der Waals surface area contributed by atoms with E-state index in [0.29, 0.717) is 69.5 Å². The number of anilines is 2. The van der Waals surface area contributed by atoms with Gasteiger partial charge in [-0.1, -0.05) is 17.7 Å². The maximum Gasteiger partial charge on any atom is 0.302 e. The molecule has 2 amide bonds. The van der Waals surface area contributed by atoms with Crippen LogP contribution in [0.5, 0.6) is 0 Å². The number of amides is 2. The number of hydrogen-bond donors (Lipinski definition) is 4. The Labute approximate surface area is 249 Å². The van der Waals surface area contributed by atoms with Gasteiger partial charge in [0, 0.05) is 45.8 Å². The Morgan fingerprint density at radius 2 is 1.64 bits per heavy atom. The predicted octanol–water partition coefficient (Wildman–Crippen LogP) is -0.0321. The number of aryl methyl sites for hydroxylation is 2. The zero-order valence-electron chi connectivity index (χ0n) is 23.6. The van der Waals surface area contributed by atoms with Gasteiger partial charge < -0.3 is 27.0 Å². The van der Waals surface area contributed by atoms with Crippen LogP contribution in [0.3, 0.4) is 0 Å². The van der Waals surface area contributed by atoms with E-state index in [9.17, 15) is 18.0 Å². The number of benzene rings is 1. The van der Waals surface area contributed by atoms with E-state index in [4.69, 9.17) is 23.1 Å². The average molecular weight is 619 g/mol. The number of carbonyl (C=O) groups is 2. The van der Waals surface area contributed by atoms with Crippen molar-refractivity contribution in [2.24, 2.45) is 4.99 Å². The van der Waals surface area contributed by atoms with Crippen LogP contribution in [-0.2, 0) is 14.8 Å². The van der Waals surface area contributed by atoms with E-state index in [1.807, 2.05) is 29.7 Å². The number of aromatic nitrogens is 2. The van der Waals surface area contributed by atoms with Crippen LogP contribution < -0.4 is 22.1 Å². The molecule has 0 aliphatic carbocycles. The van der Waals surface area contributed by atoms with E-state index in [2.05, 4.69) is 25.6 Å². The molecule has 2 aromatic rings. The molecular formula is C26H35ClN10O4S. The SMILES string of the molecule is Cc1cc(C)cc(S(=O)(=O)N2CCN(CC(=O)N3CCC4(CC3)CN/C(=N\C(=O)c3nc(Cl)c(N)nc3N)N4)CC2)c1. The van der Waals surface area contributed by atoms with Gasteiger partial charge in [0.2, 0.25) is 15.9 Å². The molecule has 14 nitrogen and oxygen atoms in total. The summed E-state index contributed by atoms with van der Waals surface area (Å²) in [5.41, 5.74) is 12.6. The Balaban J connectivity index is 1.11. The van der Waals surface area contributed by atoms with E-state index in [1.165, 1.54) is 4.31 Å². The summed E-state index contributed by atoms with van der Waals surface area (Å²) in [7, 11) is -3.58. The first-order valence-corrected chi connectivity index (χ1v) is 15.5. The number of guanidine groups is 1. The molecule has 3 fully saturated rings. The highest BCUT2D eigenvalue weighted by Crippen LogP contribution is 2.26. The summed E-state index contributed by atoms with van der Waals surface area (Å²) in [5.74, 6) is -0.625. The lowest BCUT2D eigenvalue weighted by Gasteiger charge is -2.40. The first-order chi connectivity index (χ1) is 19.8. The quantitative estimate of drug-likeness (QED) is 0.352. The summed E-state index contributed by atoms with van der Waals surface area (Å²) >= 11 is 5.87. The van der Waals surface area contributed by atoms with Gasteiger partial charge in [-0.15, -0.1) is 0 Å². The minimum Gasteiger partial charge on any atom is -0.382 e. The average Bonchev–Trinajstić information content (AvgIpc) is 3.32. The van der Waals surface area contributed by atoms with Gasteiger partial charge in [-0.2, -0.15) is 9.30 Å². The third kappa shape index (κ3) is 6.28. The summed E-state index contributed by atoms with van der Waals surface area (Å²) in [6.07, 6.45) is 1.33. The maximum atomic E-state index is 13.2. The van der Waals surface area contributed by atoms with E-state index in [-0.39, 0.29) is 40.5 Å². The molecule has 0 atom stereocenters. The van der Waals surface area contributed by atoms with Crippen LogP contribution in [0.4, 0.5) is 11.6 Å². The lowest BCUT2D eigenvalue weighted by atomic mass is 9.88. The lowest BCUT2D eigenvalue weighted by molar-refractivity contribution is -0.134. The second-order valence-corrected chi connectivity index (χ2v) is 13.3. The van der Waals surface area contributed by atoms with Gasteiger partial charge in [-0.05, 0) is 49.9 Å². The third-order valence-electron chi connectivity index (χ3n) is 7.89. The zero-order chi connectivity index (χ0) is 30.2. The number of carbonyl (C=O) groups excluding carboxylic acids is 2. The molecule has 3 aliphatic heterocycles. The molecule has 0 saturated carbocycles. The fourth-order valence-electron chi connectivity index (χ4n) is 5.55. The van der Waals surface area contributed by atoms with Gasteiger partial charge in [0.05, 0.1) is 17.0 Å². The number of sulfonamides is 1. The highest BCUT2D eigenvalue weighted by atomic mass is 35.5. The molecule has 5 rings (SSSR count). The van der Waals surface area contributed by atoms with Crippen molar-refractivity contribution in [2.45, 2.75) is 37.1 Å². The van der Waals surface area contributed by atoms with Gasteiger partial charge in [-0.3, -0.25) is 14.5 Å². The number of halogens is 1. The normalized spacial score (nSPS) is 20.5. The Morgan fingerprint density at radius 3 is 2.29 bits per heavy atom. The van der Waals surface area contributed by atoms with Crippen molar-refractivity contribution in [3.63, 3.8) is 0 Å². The molecule has 4 heterocycles. The summed E-state index contributed by atoms with van der Waals surface area (Å²) < 4.78 is 27.8. The van der Waals surface area contributed by atoms with Crippen LogP contribution in [0.25, 0.3) is 0 Å². The minimum atomic E-state index is -3.58. The van der Waals surface area contributed by atoms with Crippen molar-refractivity contribution in [3.8, 4) is 0 Å². The summed E-state index contributed by atoms with van der Waals surface area (Å²) in [4.78, 5) is 41.6. The lowest BCUT2D eigenvalue weighted by Crippen LogP contribution is -2.56. The molecular weight excluding hydrogens is 584 g/mol. The highest BCUT2D eigenvalue weighted by molar-refractivity contribution is 7.89. The number of rotatable bonds is 5. The standard InChI is InChI=1S/C26H35ClN10O4S/c1-16-11-17(2)13-18(12-16)42(40,41)37-9-7-35(8-10-37)14-19(38)36-5-3-26(4-6-36)15-30-25(34-26)33-24(39)20-22(28)32-23(29)21(27)31-20/h11-13H,3-10,14-15H2,1-2H3,(H4,28,29,32)(H2,30,33,34,39). The van der Waals surface area contributed by atoms with Crippen molar-refractivity contribution in [2.75, 3.05) is 63.8 Å². The van der Waals surface area contributed by atoms with Gasteiger partial charge >= 0.3 is 5.91 Å². The van der Waals surface area contributed by atoms with Gasteiger partial charge in [0.25, 0.3) is 0 Å². The largest absolute Gasteiger partial charge is 0.382 e. The minimum absolute atomic E-state index is 0.0137. The van der Waals surface area contributed by atoms with Gasteiger partial charge in [-0.25, -0.2) is 18.4 Å². The van der Waals surface area contributed by atoms with Crippen molar-refractivity contribution < 1.29 is 18.0 Å². The van der Waals surface area contributed by atoms with E-state index in [0.717, 1.165) is 11.1 Å². The third-order valence-corrected chi connectivity index (χ3v) is 10.0. The molecule has 3 saturated heterocycles. The van der Waals surface area contributed by atoms with Crippen molar-refractivity contribution in [1.82, 2.24) is 34.7 Å². The van der Waals surface area contributed by atoms with E-state index in [1.54, 1.807) is 12.1 Å². The molecule has 3 aliphatic rings. The molecule has 1 aromatic carbocycles. The number of nitrogen functional groups attached to an aromatic ring is 2. The summed E-state index contributed by atoms with van der Waals surface area (Å²) in [6, 6.07) is 5.34. The van der Waals surface area contributed by atoms with Gasteiger partial charge in [0.15, 0.2) is 28.4 Å². The number of aliphatic imine (C=N–C) groups is 1. The van der Waals surface area contributed by atoms with Crippen molar-refractivity contribution in [1.29, 1.82) is 0 Å². The van der Waals surface area contributed by atoms with Crippen LogP contribution in [0, 0.1) is 13.8 Å².